The lowest BCUT2D eigenvalue weighted by atomic mass is 10.1. The molecule has 0 unspecified atom stereocenters. The van der Waals surface area contributed by atoms with Crippen LogP contribution in [0.5, 0.6) is 5.75 Å². The minimum Gasteiger partial charge on any atom is -0.489 e. The molecule has 0 aliphatic heterocycles. The Morgan fingerprint density at radius 1 is 0.821 bits per heavy atom. The Kier molecular flexibility index (Phi) is 6.22. The number of esters is 1. The van der Waals surface area contributed by atoms with E-state index in [2.05, 4.69) is 0 Å². The van der Waals surface area contributed by atoms with Gasteiger partial charge in [0.15, 0.2) is 6.10 Å². The molecule has 0 N–H and O–H groups in total. The molecule has 1 atom stereocenters. The van der Waals surface area contributed by atoms with Crippen molar-refractivity contribution in [2.45, 2.75) is 26.6 Å². The average Bonchev–Trinajstić information content (AvgIpc) is 2.73. The topological polar surface area (TPSA) is 52.6 Å². The van der Waals surface area contributed by atoms with Gasteiger partial charge in [-0.1, -0.05) is 60.2 Å². The van der Waals surface area contributed by atoms with Crippen LogP contribution in [0.2, 0.25) is 0 Å². The molecule has 0 aliphatic rings. The highest BCUT2D eigenvalue weighted by atomic mass is 16.5. The van der Waals surface area contributed by atoms with Gasteiger partial charge in [-0.25, -0.2) is 4.79 Å². The van der Waals surface area contributed by atoms with Crippen LogP contribution < -0.4 is 4.74 Å². The van der Waals surface area contributed by atoms with E-state index in [1.165, 1.54) is 0 Å². The third-order valence-corrected chi connectivity index (χ3v) is 4.33. The van der Waals surface area contributed by atoms with Crippen molar-refractivity contribution in [2.75, 3.05) is 0 Å². The summed E-state index contributed by atoms with van der Waals surface area (Å²) in [6, 6.07) is 23.7. The zero-order valence-corrected chi connectivity index (χ0v) is 15.9. The van der Waals surface area contributed by atoms with E-state index in [1.807, 2.05) is 49.4 Å². The summed E-state index contributed by atoms with van der Waals surface area (Å²) < 4.78 is 11.0. The first kappa shape index (κ1) is 19.4. The molecule has 28 heavy (non-hydrogen) atoms. The lowest BCUT2D eigenvalue weighted by molar-refractivity contribution is 0.0319. The molecule has 3 aromatic carbocycles. The third-order valence-electron chi connectivity index (χ3n) is 4.33. The average molecular weight is 374 g/mol. The summed E-state index contributed by atoms with van der Waals surface area (Å²) in [4.78, 5) is 24.7. The second-order valence-corrected chi connectivity index (χ2v) is 6.58. The fourth-order valence-electron chi connectivity index (χ4n) is 2.66. The summed E-state index contributed by atoms with van der Waals surface area (Å²) in [5, 5.41) is 0. The van der Waals surface area contributed by atoms with Gasteiger partial charge in [-0.2, -0.15) is 0 Å². The minimum absolute atomic E-state index is 0.226. The smallest absolute Gasteiger partial charge is 0.338 e. The van der Waals surface area contributed by atoms with Crippen molar-refractivity contribution in [3.05, 3.63) is 101 Å². The van der Waals surface area contributed by atoms with Gasteiger partial charge in [-0.05, 0) is 43.7 Å². The maximum Gasteiger partial charge on any atom is 0.338 e. The van der Waals surface area contributed by atoms with Gasteiger partial charge in [0.05, 0.1) is 5.56 Å². The van der Waals surface area contributed by atoms with Crippen LogP contribution in [0, 0.1) is 6.92 Å². The Bertz CT molecular complexity index is 929. The van der Waals surface area contributed by atoms with E-state index < -0.39 is 12.1 Å². The normalized spacial score (nSPS) is 11.5. The number of aryl methyl sites for hydroxylation is 1. The fourth-order valence-corrected chi connectivity index (χ4v) is 2.66. The number of hydrogen-bond acceptors (Lipinski definition) is 4. The molecule has 0 bridgehead atoms. The van der Waals surface area contributed by atoms with E-state index in [0.717, 1.165) is 11.1 Å². The summed E-state index contributed by atoms with van der Waals surface area (Å²) in [5.74, 6) is -0.108. The number of carbonyl (C=O) groups is 2. The molecule has 0 aromatic heterocycles. The van der Waals surface area contributed by atoms with Crippen molar-refractivity contribution < 1.29 is 19.1 Å². The molecule has 3 aromatic rings. The van der Waals surface area contributed by atoms with Crippen molar-refractivity contribution in [3.63, 3.8) is 0 Å². The highest BCUT2D eigenvalue weighted by Gasteiger charge is 2.20. The van der Waals surface area contributed by atoms with E-state index in [-0.39, 0.29) is 5.78 Å². The summed E-state index contributed by atoms with van der Waals surface area (Å²) in [6.45, 7) is 3.98. The number of hydrogen-bond donors (Lipinski definition) is 0. The van der Waals surface area contributed by atoms with Crippen LogP contribution in [0.15, 0.2) is 78.9 Å². The highest BCUT2D eigenvalue weighted by molar-refractivity contribution is 6.01. The monoisotopic (exact) mass is 374 g/mol. The van der Waals surface area contributed by atoms with Crippen LogP contribution in [0.1, 0.15) is 38.8 Å². The van der Waals surface area contributed by atoms with Gasteiger partial charge in [0.2, 0.25) is 5.78 Å². The van der Waals surface area contributed by atoms with Gasteiger partial charge in [-0.15, -0.1) is 0 Å². The van der Waals surface area contributed by atoms with Crippen molar-refractivity contribution in [2.24, 2.45) is 0 Å². The van der Waals surface area contributed by atoms with Crippen LogP contribution >= 0.6 is 0 Å². The Morgan fingerprint density at radius 3 is 2.07 bits per heavy atom. The van der Waals surface area contributed by atoms with Gasteiger partial charge in [0.25, 0.3) is 0 Å². The first-order chi connectivity index (χ1) is 13.5. The second-order valence-electron chi connectivity index (χ2n) is 6.58. The molecule has 4 heteroatoms. The summed E-state index contributed by atoms with van der Waals surface area (Å²) >= 11 is 0. The van der Waals surface area contributed by atoms with E-state index in [0.29, 0.717) is 23.5 Å². The summed E-state index contributed by atoms with van der Waals surface area (Å²) in [5.41, 5.74) is 3.02. The zero-order chi connectivity index (χ0) is 19.9. The van der Waals surface area contributed by atoms with Gasteiger partial charge in [0.1, 0.15) is 12.4 Å². The standard InChI is InChI=1S/C24H22O4/c1-17-8-10-20(11-9-17)23(25)18(2)28-24(26)21-12-14-22(15-13-21)27-16-19-6-4-3-5-7-19/h3-15,18H,16H2,1-2H3/t18-/m1/s1. The molecule has 0 amide bonds. The van der Waals surface area contributed by atoms with Crippen LogP contribution in [-0.2, 0) is 11.3 Å². The van der Waals surface area contributed by atoms with Crippen molar-refractivity contribution in [3.8, 4) is 5.75 Å². The number of rotatable bonds is 7. The number of benzene rings is 3. The van der Waals surface area contributed by atoms with E-state index in [1.54, 1.807) is 43.3 Å². The van der Waals surface area contributed by atoms with Crippen LogP contribution in [0.4, 0.5) is 0 Å². The van der Waals surface area contributed by atoms with Gasteiger partial charge >= 0.3 is 5.97 Å². The SMILES string of the molecule is Cc1ccc(C(=O)[C@@H](C)OC(=O)c2ccc(OCc3ccccc3)cc2)cc1. The quantitative estimate of drug-likeness (QED) is 0.431. The number of ketones is 1. The maximum atomic E-state index is 12.4. The molecule has 4 nitrogen and oxygen atoms in total. The summed E-state index contributed by atoms with van der Waals surface area (Å²) in [6.07, 6.45) is -0.857. The Labute approximate surface area is 164 Å². The number of Topliss-reactive ketones (excluding diaryl/α,β-unsaturated/α-hetero) is 1. The Hall–Kier alpha value is -3.40. The molecule has 0 saturated carbocycles. The van der Waals surface area contributed by atoms with Crippen LogP contribution in [0.25, 0.3) is 0 Å². The van der Waals surface area contributed by atoms with E-state index in [4.69, 9.17) is 9.47 Å². The lowest BCUT2D eigenvalue weighted by Crippen LogP contribution is -2.24. The number of ether oxygens (including phenoxy) is 2. The molecular weight excluding hydrogens is 352 g/mol. The van der Waals surface area contributed by atoms with Gasteiger partial charge in [0, 0.05) is 5.56 Å². The van der Waals surface area contributed by atoms with E-state index in [9.17, 15) is 9.59 Å². The predicted octanol–water partition coefficient (Wildman–Crippen LogP) is 5.00. The molecule has 0 radical (unpaired) electrons. The second kappa shape index (κ2) is 9.00. The van der Waals surface area contributed by atoms with Crippen molar-refractivity contribution in [1.29, 1.82) is 0 Å². The van der Waals surface area contributed by atoms with E-state index >= 15 is 0 Å². The largest absolute Gasteiger partial charge is 0.489 e. The molecule has 142 valence electrons. The molecular formula is C24H22O4. The number of carbonyl (C=O) groups excluding carboxylic acids is 2. The minimum atomic E-state index is -0.857. The molecule has 0 fully saturated rings. The van der Waals surface area contributed by atoms with Crippen molar-refractivity contribution >= 4 is 11.8 Å². The third kappa shape index (κ3) is 5.07. The molecule has 0 heterocycles. The predicted molar refractivity (Wildman–Crippen MR) is 108 cm³/mol. The highest BCUT2D eigenvalue weighted by Crippen LogP contribution is 2.16. The van der Waals surface area contributed by atoms with Gasteiger partial charge in [-0.3, -0.25) is 4.79 Å². The first-order valence-electron chi connectivity index (χ1n) is 9.11. The lowest BCUT2D eigenvalue weighted by Gasteiger charge is -2.13. The Balaban J connectivity index is 1.56. The summed E-state index contributed by atoms with van der Waals surface area (Å²) in [7, 11) is 0. The molecule has 0 aliphatic carbocycles. The maximum absolute atomic E-state index is 12.4. The first-order valence-corrected chi connectivity index (χ1v) is 9.11. The Morgan fingerprint density at radius 2 is 1.43 bits per heavy atom. The van der Waals surface area contributed by atoms with Crippen molar-refractivity contribution in [1.82, 2.24) is 0 Å². The van der Waals surface area contributed by atoms with Gasteiger partial charge < -0.3 is 9.47 Å². The fraction of sp³-hybridized carbons (Fsp3) is 0.167. The molecule has 0 spiro atoms. The van der Waals surface area contributed by atoms with Crippen LogP contribution in [-0.4, -0.2) is 17.9 Å². The molecule has 0 saturated heterocycles. The molecule has 3 rings (SSSR count). The van der Waals surface area contributed by atoms with Crippen LogP contribution in [0.3, 0.4) is 0 Å². The zero-order valence-electron chi connectivity index (χ0n) is 15.9.